The van der Waals surface area contributed by atoms with Gasteiger partial charge in [-0.05, 0) is 123 Å². The highest BCUT2D eigenvalue weighted by atomic mass is 32.2. The Morgan fingerprint density at radius 2 is 1.63 bits per heavy atom. The molecule has 0 radical (unpaired) electrons. The largest absolute Gasteiger partial charge is 0.449 e. The molecule has 0 aromatic carbocycles. The fourth-order valence-corrected chi connectivity index (χ4v) is 12.7. The number of aliphatic hydroxyl groups excluding tert-OH is 2. The van der Waals surface area contributed by atoms with E-state index in [1.165, 1.54) is 25.7 Å². The summed E-state index contributed by atoms with van der Waals surface area (Å²) in [6.45, 7) is 9.78. The van der Waals surface area contributed by atoms with Crippen LogP contribution in [-0.2, 0) is 14.8 Å². The van der Waals surface area contributed by atoms with Gasteiger partial charge in [0.25, 0.3) is 0 Å². The summed E-state index contributed by atoms with van der Waals surface area (Å²) < 4.78 is 32.5. The molecule has 3 N–H and O–H groups in total. The number of hydrogen-bond donors (Lipinski definition) is 3. The molecule has 5 aliphatic carbocycles. The van der Waals surface area contributed by atoms with Gasteiger partial charge in [-0.25, -0.2) is 17.9 Å². The van der Waals surface area contributed by atoms with Gasteiger partial charge in [0.2, 0.25) is 10.0 Å². The number of rotatable bonds is 8. The molecule has 5 fully saturated rings. The molecule has 5 saturated carbocycles. The first-order valence-corrected chi connectivity index (χ1v) is 18.5. The average Bonchev–Trinajstić information content (AvgIpc) is 3.29. The second-order valence-electron chi connectivity index (χ2n) is 15.3. The van der Waals surface area contributed by atoms with Crippen molar-refractivity contribution in [1.82, 2.24) is 4.72 Å². The van der Waals surface area contributed by atoms with Gasteiger partial charge in [0.1, 0.15) is 0 Å². The third kappa shape index (κ3) is 5.84. The Bertz CT molecular complexity index is 1030. The maximum absolute atomic E-state index is 12.5. The minimum Gasteiger partial charge on any atom is -0.449 e. The summed E-state index contributed by atoms with van der Waals surface area (Å²) in [5.41, 5.74) is 0.431. The molecule has 7 nitrogen and oxygen atoms in total. The molecule has 5 rings (SSSR count). The van der Waals surface area contributed by atoms with Crippen LogP contribution in [0.1, 0.15) is 124 Å². The van der Waals surface area contributed by atoms with Crippen LogP contribution in [0, 0.1) is 52.3 Å². The summed E-state index contributed by atoms with van der Waals surface area (Å²) in [6.07, 6.45) is 13.0. The Morgan fingerprint density at radius 3 is 2.34 bits per heavy atom. The molecular weight excluding hydrogens is 538 g/mol. The van der Waals surface area contributed by atoms with Crippen molar-refractivity contribution in [3.63, 3.8) is 0 Å². The van der Waals surface area contributed by atoms with Crippen molar-refractivity contribution < 1.29 is 28.2 Å². The number of carbonyl (C=O) groups excluding carboxylic acids is 1. The molecule has 8 heteroatoms. The van der Waals surface area contributed by atoms with E-state index in [0.717, 1.165) is 57.8 Å². The monoisotopic (exact) mass is 595 g/mol. The number of fused-ring (bicyclic) bond motifs is 5. The molecule has 0 spiro atoms. The fourth-order valence-electron chi connectivity index (χ4n) is 11.3. The standard InChI is InChI=1S/C33H57NO6S/c1-5-24-28-20-22(35)15-17-33(28,4)27-16-18-32(3)25(13-14-26(32)29(27)30(24)36)21(2)10-9-19-40-31(37)34-41(38,39)23-11-7-6-8-12-23/h21-30,35-36H,5-20H2,1-4H3,(H,34,37)/t21-,22-,24-,25-,26+,27+,28?,29+,30-,32-,33?/m1/s1. The lowest BCUT2D eigenvalue weighted by Gasteiger charge is -2.64. The zero-order chi connectivity index (χ0) is 29.6. The van der Waals surface area contributed by atoms with Crippen LogP contribution >= 0.6 is 0 Å². The van der Waals surface area contributed by atoms with Crippen LogP contribution in [0.5, 0.6) is 0 Å². The van der Waals surface area contributed by atoms with Gasteiger partial charge in [0.05, 0.1) is 24.1 Å². The Kier molecular flexibility index (Phi) is 9.44. The molecule has 0 aromatic heterocycles. The normalized spacial score (nSPS) is 43.9. The third-order valence-corrected chi connectivity index (χ3v) is 15.2. The molecule has 1 amide bonds. The van der Waals surface area contributed by atoms with E-state index in [1.54, 1.807) is 0 Å². The minimum atomic E-state index is -3.66. The first-order chi connectivity index (χ1) is 19.4. The lowest BCUT2D eigenvalue weighted by Crippen LogP contribution is -2.62. The summed E-state index contributed by atoms with van der Waals surface area (Å²) in [6, 6.07) is 0. The number of hydrogen-bond acceptors (Lipinski definition) is 6. The van der Waals surface area contributed by atoms with E-state index in [2.05, 4.69) is 32.4 Å². The number of sulfonamides is 1. The molecule has 5 aliphatic rings. The Morgan fingerprint density at radius 1 is 0.951 bits per heavy atom. The maximum Gasteiger partial charge on any atom is 0.420 e. The maximum atomic E-state index is 12.5. The van der Waals surface area contributed by atoms with Crippen molar-refractivity contribution in [2.75, 3.05) is 6.61 Å². The highest BCUT2D eigenvalue weighted by molar-refractivity contribution is 7.90. The van der Waals surface area contributed by atoms with Crippen LogP contribution in [0.2, 0.25) is 0 Å². The van der Waals surface area contributed by atoms with Crippen LogP contribution in [-0.4, -0.2) is 48.8 Å². The predicted octanol–water partition coefficient (Wildman–Crippen LogP) is 6.42. The lowest BCUT2D eigenvalue weighted by molar-refractivity contribution is -0.203. The van der Waals surface area contributed by atoms with Gasteiger partial charge in [0, 0.05) is 0 Å². The molecule has 0 bridgehead atoms. The quantitative estimate of drug-likeness (QED) is 0.279. The molecule has 0 aromatic rings. The molecular formula is C33H57NO6S. The van der Waals surface area contributed by atoms with Gasteiger partial charge in [-0.3, -0.25) is 0 Å². The van der Waals surface area contributed by atoms with Gasteiger partial charge < -0.3 is 14.9 Å². The summed E-state index contributed by atoms with van der Waals surface area (Å²) in [5, 5.41) is 21.9. The fraction of sp³-hybridized carbons (Fsp3) is 0.970. The second kappa shape index (κ2) is 12.3. The highest BCUT2D eigenvalue weighted by Crippen LogP contribution is 2.69. The molecule has 0 saturated heterocycles. The van der Waals surface area contributed by atoms with Gasteiger partial charge in [-0.1, -0.05) is 53.4 Å². The number of carbonyl (C=O) groups is 1. The topological polar surface area (TPSA) is 113 Å². The van der Waals surface area contributed by atoms with Gasteiger partial charge in [-0.2, -0.15) is 0 Å². The summed E-state index contributed by atoms with van der Waals surface area (Å²) in [5.74, 6) is 3.19. The van der Waals surface area contributed by atoms with E-state index in [9.17, 15) is 23.4 Å². The van der Waals surface area contributed by atoms with Crippen molar-refractivity contribution in [1.29, 1.82) is 0 Å². The average molecular weight is 596 g/mol. The lowest BCUT2D eigenvalue weighted by atomic mass is 9.41. The first-order valence-electron chi connectivity index (χ1n) is 17.0. The summed E-state index contributed by atoms with van der Waals surface area (Å²) >= 11 is 0. The molecule has 236 valence electrons. The predicted molar refractivity (Wildman–Crippen MR) is 160 cm³/mol. The van der Waals surface area contributed by atoms with Gasteiger partial charge in [0.15, 0.2) is 0 Å². The van der Waals surface area contributed by atoms with Gasteiger partial charge >= 0.3 is 6.09 Å². The SMILES string of the molecule is CC[C@@H]1C2C[C@H](O)CCC2(C)[C@H]2CC[C@]3(C)[C@@H]([C@H](C)CCCOC(=O)NS(=O)(=O)C4CCCCC4)CC[C@H]3[C@@H]2[C@@H]1O. The molecule has 2 unspecified atom stereocenters. The molecule has 41 heavy (non-hydrogen) atoms. The Labute approximate surface area is 249 Å². The molecule has 0 aliphatic heterocycles. The van der Waals surface area contributed by atoms with Crippen LogP contribution < -0.4 is 4.72 Å². The van der Waals surface area contributed by atoms with Gasteiger partial charge in [-0.15, -0.1) is 0 Å². The zero-order valence-electron chi connectivity index (χ0n) is 26.0. The minimum absolute atomic E-state index is 0.212. The number of aliphatic hydroxyl groups is 2. The Balaban J connectivity index is 1.16. The molecule has 11 atom stereocenters. The van der Waals surface area contributed by atoms with Crippen molar-refractivity contribution >= 4 is 16.1 Å². The number of ether oxygens (including phenoxy) is 1. The summed E-state index contributed by atoms with van der Waals surface area (Å²) in [7, 11) is -3.66. The smallest absolute Gasteiger partial charge is 0.420 e. The zero-order valence-corrected chi connectivity index (χ0v) is 26.8. The van der Waals surface area contributed by atoms with Crippen molar-refractivity contribution in [3.05, 3.63) is 0 Å². The first kappa shape index (κ1) is 31.6. The molecule has 0 heterocycles. The number of nitrogens with one attached hydrogen (secondary N) is 1. The van der Waals surface area contributed by atoms with Crippen LogP contribution in [0.3, 0.4) is 0 Å². The Hall–Kier alpha value is -0.860. The highest BCUT2D eigenvalue weighted by Gasteiger charge is 2.64. The van der Waals surface area contributed by atoms with Crippen LogP contribution in [0.15, 0.2) is 0 Å². The van der Waals surface area contributed by atoms with E-state index in [1.807, 2.05) is 0 Å². The summed E-state index contributed by atoms with van der Waals surface area (Å²) in [4.78, 5) is 12.3. The van der Waals surface area contributed by atoms with Crippen LogP contribution in [0.4, 0.5) is 4.79 Å². The van der Waals surface area contributed by atoms with Crippen molar-refractivity contribution in [2.45, 2.75) is 141 Å². The van der Waals surface area contributed by atoms with Crippen molar-refractivity contribution in [2.24, 2.45) is 52.3 Å². The van der Waals surface area contributed by atoms with E-state index >= 15 is 0 Å². The van der Waals surface area contributed by atoms with E-state index < -0.39 is 21.4 Å². The second-order valence-corrected chi connectivity index (χ2v) is 17.2. The third-order valence-electron chi connectivity index (χ3n) is 13.4. The van der Waals surface area contributed by atoms with Crippen LogP contribution in [0.25, 0.3) is 0 Å². The number of amides is 1. The van der Waals surface area contributed by atoms with E-state index in [4.69, 9.17) is 4.74 Å². The van der Waals surface area contributed by atoms with E-state index in [0.29, 0.717) is 48.3 Å². The van der Waals surface area contributed by atoms with E-state index in [-0.39, 0.29) is 35.6 Å². The van der Waals surface area contributed by atoms with Crippen molar-refractivity contribution in [3.8, 4) is 0 Å².